The van der Waals surface area contributed by atoms with Gasteiger partial charge in [-0.3, -0.25) is 0 Å². The second-order valence-corrected chi connectivity index (χ2v) is 7.86. The summed E-state index contributed by atoms with van der Waals surface area (Å²) in [6, 6.07) is 3.98. The van der Waals surface area contributed by atoms with Crippen LogP contribution in [0.1, 0.15) is 37.9 Å². The first-order chi connectivity index (χ1) is 11.8. The van der Waals surface area contributed by atoms with E-state index in [-0.39, 0.29) is 5.82 Å². The van der Waals surface area contributed by atoms with E-state index in [1.165, 1.54) is 6.42 Å². The molecule has 1 aromatic heterocycles. The van der Waals surface area contributed by atoms with Crippen molar-refractivity contribution in [1.29, 1.82) is 0 Å². The van der Waals surface area contributed by atoms with E-state index in [0.717, 1.165) is 56.2 Å². The van der Waals surface area contributed by atoms with Crippen LogP contribution < -0.4 is 5.32 Å². The van der Waals surface area contributed by atoms with Gasteiger partial charge in [0.2, 0.25) is 0 Å². The number of thioether (sulfide) groups is 1. The minimum absolute atomic E-state index is 0.252. The van der Waals surface area contributed by atoms with Crippen LogP contribution in [0.15, 0.2) is 18.3 Å². The van der Waals surface area contributed by atoms with Gasteiger partial charge in [0.25, 0.3) is 0 Å². The smallest absolute Gasteiger partial charge is 0.138 e. The maximum absolute atomic E-state index is 14.3. The van der Waals surface area contributed by atoms with Crippen molar-refractivity contribution in [2.45, 2.75) is 49.1 Å². The summed E-state index contributed by atoms with van der Waals surface area (Å²) in [7, 11) is 0. The topological polar surface area (TPSA) is 47.0 Å². The second kappa shape index (κ2) is 7.23. The zero-order valence-electron chi connectivity index (χ0n) is 13.6. The van der Waals surface area contributed by atoms with Gasteiger partial charge < -0.3 is 10.1 Å². The molecule has 1 saturated carbocycles. The maximum atomic E-state index is 14.3. The van der Waals surface area contributed by atoms with Crippen molar-refractivity contribution >= 4 is 28.4 Å². The minimum Gasteiger partial charge on any atom is -0.382 e. The van der Waals surface area contributed by atoms with Crippen LogP contribution >= 0.6 is 11.8 Å². The summed E-state index contributed by atoms with van der Waals surface area (Å²) in [6.45, 7) is 1.69. The Balaban J connectivity index is 1.49. The molecule has 0 bridgehead atoms. The van der Waals surface area contributed by atoms with E-state index in [9.17, 15) is 4.39 Å². The van der Waals surface area contributed by atoms with Crippen LogP contribution in [0.4, 0.5) is 10.1 Å². The standard InChI is InChI=1S/C18H22FN3OS/c19-16-8-13(21-12-2-1-3-12)9-17-15(16)10-20-18(22-17)11-24-14-4-6-23-7-5-14/h8-10,12,14,21H,1-7,11H2. The number of hydrogen-bond donors (Lipinski definition) is 1. The fourth-order valence-corrected chi connectivity index (χ4v) is 4.16. The van der Waals surface area contributed by atoms with Gasteiger partial charge in [0.15, 0.2) is 0 Å². The van der Waals surface area contributed by atoms with E-state index in [1.807, 2.05) is 17.8 Å². The third kappa shape index (κ3) is 3.64. The summed E-state index contributed by atoms with van der Waals surface area (Å²) < 4.78 is 19.7. The first kappa shape index (κ1) is 16.1. The lowest BCUT2D eigenvalue weighted by atomic mass is 9.93. The quantitative estimate of drug-likeness (QED) is 0.880. The Hall–Kier alpha value is -1.40. The van der Waals surface area contributed by atoms with Gasteiger partial charge in [-0.25, -0.2) is 14.4 Å². The van der Waals surface area contributed by atoms with Gasteiger partial charge in [-0.05, 0) is 44.2 Å². The monoisotopic (exact) mass is 347 g/mol. The highest BCUT2D eigenvalue weighted by Gasteiger charge is 2.18. The summed E-state index contributed by atoms with van der Waals surface area (Å²) >= 11 is 1.88. The number of halogens is 1. The number of rotatable bonds is 5. The Morgan fingerprint density at radius 1 is 1.21 bits per heavy atom. The molecule has 1 N–H and O–H groups in total. The molecule has 0 atom stereocenters. The largest absolute Gasteiger partial charge is 0.382 e. The number of anilines is 1. The second-order valence-electron chi connectivity index (χ2n) is 6.57. The van der Waals surface area contributed by atoms with Crippen LogP contribution in [0.25, 0.3) is 10.9 Å². The fraction of sp³-hybridized carbons (Fsp3) is 0.556. The Bertz CT molecular complexity index is 717. The molecule has 6 heteroatoms. The molecule has 0 radical (unpaired) electrons. The molecule has 1 saturated heterocycles. The molecule has 0 unspecified atom stereocenters. The molecule has 2 fully saturated rings. The van der Waals surface area contributed by atoms with Crippen molar-refractivity contribution in [2.75, 3.05) is 18.5 Å². The van der Waals surface area contributed by atoms with Crippen LogP contribution in [0, 0.1) is 5.82 Å². The predicted molar refractivity (Wildman–Crippen MR) is 95.9 cm³/mol. The average molecular weight is 347 g/mol. The van der Waals surface area contributed by atoms with Crippen LogP contribution in [0.2, 0.25) is 0 Å². The Morgan fingerprint density at radius 2 is 2.04 bits per heavy atom. The zero-order chi connectivity index (χ0) is 16.4. The van der Waals surface area contributed by atoms with Crippen molar-refractivity contribution < 1.29 is 9.13 Å². The summed E-state index contributed by atoms with van der Waals surface area (Å²) in [6.07, 6.45) is 7.37. The van der Waals surface area contributed by atoms with Gasteiger partial charge in [-0.1, -0.05) is 0 Å². The lowest BCUT2D eigenvalue weighted by molar-refractivity contribution is 0.1000. The minimum atomic E-state index is -0.252. The number of aromatic nitrogens is 2. The molecule has 1 aliphatic carbocycles. The first-order valence-electron chi connectivity index (χ1n) is 8.69. The molecule has 4 nitrogen and oxygen atoms in total. The maximum Gasteiger partial charge on any atom is 0.138 e. The van der Waals surface area contributed by atoms with E-state index < -0.39 is 0 Å². The normalized spacial score (nSPS) is 19.4. The molecule has 1 aromatic carbocycles. The number of nitrogens with zero attached hydrogens (tertiary/aromatic N) is 2. The molecular weight excluding hydrogens is 325 g/mol. The van der Waals surface area contributed by atoms with Gasteiger partial charge in [0.1, 0.15) is 11.6 Å². The van der Waals surface area contributed by atoms with Gasteiger partial charge in [-0.2, -0.15) is 11.8 Å². The van der Waals surface area contributed by atoms with E-state index in [4.69, 9.17) is 4.74 Å². The molecule has 0 amide bonds. The Labute approximate surface area is 145 Å². The van der Waals surface area contributed by atoms with E-state index in [1.54, 1.807) is 12.3 Å². The average Bonchev–Trinajstić information content (AvgIpc) is 2.57. The third-order valence-electron chi connectivity index (χ3n) is 4.79. The Morgan fingerprint density at radius 3 is 2.79 bits per heavy atom. The van der Waals surface area contributed by atoms with Crippen molar-refractivity contribution in [3.8, 4) is 0 Å². The lowest BCUT2D eigenvalue weighted by Gasteiger charge is -2.27. The van der Waals surface area contributed by atoms with Gasteiger partial charge in [0, 0.05) is 36.4 Å². The molecular formula is C18H22FN3OS. The van der Waals surface area contributed by atoms with E-state index in [0.29, 0.717) is 22.2 Å². The van der Waals surface area contributed by atoms with Crippen molar-refractivity contribution in [3.05, 3.63) is 30.0 Å². The van der Waals surface area contributed by atoms with Crippen molar-refractivity contribution in [1.82, 2.24) is 9.97 Å². The SMILES string of the molecule is Fc1cc(NC2CCC2)cc2nc(CSC3CCOCC3)ncc12. The molecule has 128 valence electrons. The van der Waals surface area contributed by atoms with E-state index in [2.05, 4.69) is 15.3 Å². The third-order valence-corrected chi connectivity index (χ3v) is 6.16. The zero-order valence-corrected chi connectivity index (χ0v) is 14.4. The van der Waals surface area contributed by atoms with E-state index >= 15 is 0 Å². The van der Waals surface area contributed by atoms with Gasteiger partial charge >= 0.3 is 0 Å². The fourth-order valence-electron chi connectivity index (χ4n) is 3.11. The first-order valence-corrected chi connectivity index (χ1v) is 9.74. The van der Waals surface area contributed by atoms with Crippen LogP contribution in [0.3, 0.4) is 0 Å². The molecule has 0 spiro atoms. The number of fused-ring (bicyclic) bond motifs is 1. The highest BCUT2D eigenvalue weighted by Crippen LogP contribution is 2.28. The summed E-state index contributed by atoms with van der Waals surface area (Å²) in [5.74, 6) is 1.29. The van der Waals surface area contributed by atoms with Crippen LogP contribution in [-0.2, 0) is 10.5 Å². The molecule has 2 aliphatic rings. The summed E-state index contributed by atoms with van der Waals surface area (Å²) in [5, 5.41) is 4.50. The molecule has 1 aliphatic heterocycles. The number of benzene rings is 1. The van der Waals surface area contributed by atoms with Crippen molar-refractivity contribution in [2.24, 2.45) is 0 Å². The van der Waals surface area contributed by atoms with Crippen LogP contribution in [-0.4, -0.2) is 34.5 Å². The Kier molecular flexibility index (Phi) is 4.85. The number of hydrogen-bond acceptors (Lipinski definition) is 5. The predicted octanol–water partition coefficient (Wildman–Crippen LogP) is 4.15. The highest BCUT2D eigenvalue weighted by atomic mass is 32.2. The van der Waals surface area contributed by atoms with Crippen molar-refractivity contribution in [3.63, 3.8) is 0 Å². The lowest BCUT2D eigenvalue weighted by Crippen LogP contribution is -2.26. The molecule has 2 heterocycles. The summed E-state index contributed by atoms with van der Waals surface area (Å²) in [5.41, 5.74) is 1.51. The number of ether oxygens (including phenoxy) is 1. The molecule has 2 aromatic rings. The number of nitrogens with one attached hydrogen (secondary N) is 1. The van der Waals surface area contributed by atoms with Crippen LogP contribution in [0.5, 0.6) is 0 Å². The van der Waals surface area contributed by atoms with Gasteiger partial charge in [0.05, 0.1) is 16.7 Å². The summed E-state index contributed by atoms with van der Waals surface area (Å²) in [4.78, 5) is 8.94. The highest BCUT2D eigenvalue weighted by molar-refractivity contribution is 7.99. The molecule has 24 heavy (non-hydrogen) atoms. The molecule has 4 rings (SSSR count). The van der Waals surface area contributed by atoms with Gasteiger partial charge in [-0.15, -0.1) is 0 Å².